The number of esters is 2. The van der Waals surface area contributed by atoms with Gasteiger partial charge in [0.15, 0.2) is 0 Å². The fourth-order valence-electron chi connectivity index (χ4n) is 4.18. The zero-order valence-electron chi connectivity index (χ0n) is 21.6. The molecule has 37 heavy (non-hydrogen) atoms. The Kier molecular flexibility index (Phi) is 8.93. The van der Waals surface area contributed by atoms with E-state index in [9.17, 15) is 22.8 Å². The summed E-state index contributed by atoms with van der Waals surface area (Å²) in [6.45, 7) is 4.19. The molecule has 1 atom stereocenters. The molecule has 1 heterocycles. The molecule has 11 heteroatoms. The van der Waals surface area contributed by atoms with Crippen molar-refractivity contribution in [2.75, 3.05) is 39.7 Å². The van der Waals surface area contributed by atoms with Crippen molar-refractivity contribution in [2.45, 2.75) is 37.5 Å². The molecule has 1 aliphatic rings. The van der Waals surface area contributed by atoms with Crippen LogP contribution in [0.1, 0.15) is 58.9 Å². The Hall–Kier alpha value is -3.44. The largest absolute Gasteiger partial charge is 0.495 e. The molecule has 1 amide bonds. The van der Waals surface area contributed by atoms with Crippen LogP contribution in [0.3, 0.4) is 0 Å². The minimum Gasteiger partial charge on any atom is -0.495 e. The van der Waals surface area contributed by atoms with E-state index in [-0.39, 0.29) is 46.5 Å². The van der Waals surface area contributed by atoms with Crippen LogP contribution in [0.5, 0.6) is 5.75 Å². The maximum Gasteiger partial charge on any atom is 0.337 e. The zero-order chi connectivity index (χ0) is 27.3. The predicted molar refractivity (Wildman–Crippen MR) is 136 cm³/mol. The smallest absolute Gasteiger partial charge is 0.337 e. The molecule has 1 saturated heterocycles. The molecule has 0 radical (unpaired) electrons. The van der Waals surface area contributed by atoms with E-state index in [0.29, 0.717) is 12.8 Å². The van der Waals surface area contributed by atoms with Gasteiger partial charge >= 0.3 is 11.9 Å². The highest BCUT2D eigenvalue weighted by molar-refractivity contribution is 7.89. The van der Waals surface area contributed by atoms with Crippen molar-refractivity contribution < 1.29 is 37.0 Å². The number of nitrogens with zero attached hydrogens (tertiary/aromatic N) is 1. The number of piperidine rings is 1. The van der Waals surface area contributed by atoms with Gasteiger partial charge in [0.25, 0.3) is 0 Å². The Labute approximate surface area is 216 Å². The van der Waals surface area contributed by atoms with Crippen LogP contribution < -0.4 is 10.1 Å². The van der Waals surface area contributed by atoms with Gasteiger partial charge in [-0.2, -0.15) is 4.31 Å². The highest BCUT2D eigenvalue weighted by Gasteiger charge is 2.35. The van der Waals surface area contributed by atoms with E-state index < -0.39 is 33.8 Å². The van der Waals surface area contributed by atoms with E-state index in [1.807, 2.05) is 19.9 Å². The van der Waals surface area contributed by atoms with E-state index in [4.69, 9.17) is 14.2 Å². The number of hydrogen-bond donors (Lipinski definition) is 1. The van der Waals surface area contributed by atoms with Crippen molar-refractivity contribution in [1.82, 2.24) is 4.31 Å². The first-order valence-corrected chi connectivity index (χ1v) is 13.3. The summed E-state index contributed by atoms with van der Waals surface area (Å²) in [5, 5.41) is 2.71. The molecule has 0 aromatic heterocycles. The lowest BCUT2D eigenvalue weighted by molar-refractivity contribution is -0.120. The van der Waals surface area contributed by atoms with Crippen LogP contribution in [-0.2, 0) is 24.3 Å². The first kappa shape index (κ1) is 28.1. The Morgan fingerprint density at radius 1 is 0.973 bits per heavy atom. The van der Waals surface area contributed by atoms with Crippen molar-refractivity contribution in [3.8, 4) is 5.75 Å². The second-order valence-corrected chi connectivity index (χ2v) is 10.9. The minimum atomic E-state index is -3.94. The van der Waals surface area contributed by atoms with Gasteiger partial charge in [0, 0.05) is 18.8 Å². The molecule has 1 fully saturated rings. The molecule has 200 valence electrons. The number of anilines is 1. The number of amides is 1. The number of carbonyl (C=O) groups excluding carboxylic acids is 3. The number of sulfonamides is 1. The summed E-state index contributed by atoms with van der Waals surface area (Å²) in [7, 11) is -0.114. The average molecular weight is 533 g/mol. The maximum absolute atomic E-state index is 13.6. The van der Waals surface area contributed by atoms with Crippen LogP contribution in [0, 0.1) is 5.92 Å². The molecule has 0 aliphatic carbocycles. The van der Waals surface area contributed by atoms with Gasteiger partial charge in [-0.1, -0.05) is 19.9 Å². The van der Waals surface area contributed by atoms with E-state index in [2.05, 4.69) is 5.32 Å². The molecular weight excluding hydrogens is 500 g/mol. The van der Waals surface area contributed by atoms with Gasteiger partial charge in [0.1, 0.15) is 10.6 Å². The number of hydrogen-bond acceptors (Lipinski definition) is 8. The summed E-state index contributed by atoms with van der Waals surface area (Å²) in [5.74, 6) is -2.09. The standard InChI is InChI=1S/C26H32N2O8S/c1-16(2)17-8-9-22(34-3)23(14-17)37(32,33)28-10-6-7-18(15-28)24(29)27-21-12-19(25(30)35-4)11-20(13-21)26(31)36-5/h8-9,11-14,16,18H,6-7,10,15H2,1-5H3,(H,27,29)/t18-/m0/s1. The van der Waals surface area contributed by atoms with Crippen LogP contribution in [0.2, 0.25) is 0 Å². The van der Waals surface area contributed by atoms with Gasteiger partial charge in [-0.25, -0.2) is 18.0 Å². The quantitative estimate of drug-likeness (QED) is 0.512. The summed E-state index contributed by atoms with van der Waals surface area (Å²) < 4.78 is 43.3. The van der Waals surface area contributed by atoms with Crippen LogP contribution in [0.4, 0.5) is 5.69 Å². The number of benzene rings is 2. The third-order valence-electron chi connectivity index (χ3n) is 6.27. The Morgan fingerprint density at radius 3 is 2.14 bits per heavy atom. The Balaban J connectivity index is 1.85. The fraction of sp³-hybridized carbons (Fsp3) is 0.423. The summed E-state index contributed by atoms with van der Waals surface area (Å²) >= 11 is 0. The number of rotatable bonds is 8. The highest BCUT2D eigenvalue weighted by atomic mass is 32.2. The van der Waals surface area contributed by atoms with Crippen molar-refractivity contribution >= 4 is 33.6 Å². The average Bonchev–Trinajstić information content (AvgIpc) is 2.91. The lowest BCUT2D eigenvalue weighted by Gasteiger charge is -2.31. The number of nitrogens with one attached hydrogen (secondary N) is 1. The first-order valence-electron chi connectivity index (χ1n) is 11.8. The SMILES string of the molecule is COC(=O)c1cc(NC(=O)[C@H]2CCCN(S(=O)(=O)c3cc(C(C)C)ccc3OC)C2)cc(C(=O)OC)c1. The molecule has 2 aromatic rings. The molecule has 10 nitrogen and oxygen atoms in total. The third-order valence-corrected chi connectivity index (χ3v) is 8.16. The molecule has 2 aromatic carbocycles. The van der Waals surface area contributed by atoms with Crippen LogP contribution in [0.15, 0.2) is 41.3 Å². The fourth-order valence-corrected chi connectivity index (χ4v) is 5.90. The summed E-state index contributed by atoms with van der Waals surface area (Å²) in [4.78, 5) is 37.3. The van der Waals surface area contributed by atoms with Gasteiger partial charge in [-0.15, -0.1) is 0 Å². The van der Waals surface area contributed by atoms with E-state index in [1.165, 1.54) is 43.8 Å². The van der Waals surface area contributed by atoms with Crippen molar-refractivity contribution in [2.24, 2.45) is 5.92 Å². The monoisotopic (exact) mass is 532 g/mol. The van der Waals surface area contributed by atoms with Gasteiger partial charge < -0.3 is 19.5 Å². The van der Waals surface area contributed by atoms with Crippen molar-refractivity contribution in [3.05, 3.63) is 53.1 Å². The normalized spacial score (nSPS) is 16.2. The molecule has 0 bridgehead atoms. The topological polar surface area (TPSA) is 128 Å². The lowest BCUT2D eigenvalue weighted by atomic mass is 9.98. The zero-order valence-corrected chi connectivity index (χ0v) is 22.4. The van der Waals surface area contributed by atoms with Crippen molar-refractivity contribution in [3.63, 3.8) is 0 Å². The number of ether oxygens (including phenoxy) is 3. The van der Waals surface area contributed by atoms with E-state index in [1.54, 1.807) is 12.1 Å². The molecular formula is C26H32N2O8S. The summed E-state index contributed by atoms with van der Waals surface area (Å²) in [5.41, 5.74) is 1.17. The summed E-state index contributed by atoms with van der Waals surface area (Å²) in [6.07, 6.45) is 0.959. The summed E-state index contributed by atoms with van der Waals surface area (Å²) in [6, 6.07) is 9.17. The molecule has 0 spiro atoms. The van der Waals surface area contributed by atoms with Crippen LogP contribution in [0.25, 0.3) is 0 Å². The third kappa shape index (κ3) is 6.28. The van der Waals surface area contributed by atoms with Gasteiger partial charge in [-0.05, 0) is 54.7 Å². The van der Waals surface area contributed by atoms with E-state index >= 15 is 0 Å². The van der Waals surface area contributed by atoms with Crippen molar-refractivity contribution in [1.29, 1.82) is 0 Å². The molecule has 3 rings (SSSR count). The van der Waals surface area contributed by atoms with Crippen LogP contribution in [-0.4, -0.2) is 65.0 Å². The Bertz CT molecular complexity index is 1260. The molecule has 1 N–H and O–H groups in total. The number of carbonyl (C=O) groups is 3. The molecule has 0 unspecified atom stereocenters. The molecule has 0 saturated carbocycles. The maximum atomic E-state index is 13.6. The predicted octanol–water partition coefficient (Wildman–Crippen LogP) is 3.43. The second kappa shape index (κ2) is 11.7. The van der Waals surface area contributed by atoms with E-state index in [0.717, 1.165) is 5.56 Å². The Morgan fingerprint density at radius 2 is 1.59 bits per heavy atom. The first-order chi connectivity index (χ1) is 17.5. The second-order valence-electron chi connectivity index (χ2n) is 9.04. The van der Waals surface area contributed by atoms with Gasteiger partial charge in [-0.3, -0.25) is 4.79 Å². The lowest BCUT2D eigenvalue weighted by Crippen LogP contribution is -2.43. The highest BCUT2D eigenvalue weighted by Crippen LogP contribution is 2.32. The molecule has 1 aliphatic heterocycles. The van der Waals surface area contributed by atoms with Gasteiger partial charge in [0.05, 0.1) is 38.4 Å². The number of methoxy groups -OCH3 is 3. The van der Waals surface area contributed by atoms with Gasteiger partial charge in [0.2, 0.25) is 15.9 Å². The van der Waals surface area contributed by atoms with Crippen LogP contribution >= 0.6 is 0 Å². The minimum absolute atomic E-state index is 0.0240.